The molecule has 1 atom stereocenters. The first-order chi connectivity index (χ1) is 9.13. The fraction of sp³-hybridized carbons (Fsp3) is 0.571. The van der Waals surface area contributed by atoms with Gasteiger partial charge in [-0.3, -0.25) is 10.1 Å². The molecule has 1 fully saturated rings. The summed E-state index contributed by atoms with van der Waals surface area (Å²) in [5.41, 5.74) is 1.94. The highest BCUT2D eigenvalue weighted by Gasteiger charge is 2.24. The van der Waals surface area contributed by atoms with Gasteiger partial charge in [-0.25, -0.2) is 0 Å². The summed E-state index contributed by atoms with van der Waals surface area (Å²) in [4.78, 5) is 13.0. The number of hydrogen-bond acceptors (Lipinski definition) is 4. The van der Waals surface area contributed by atoms with Crippen molar-refractivity contribution in [1.29, 1.82) is 0 Å². The molecule has 0 amide bonds. The number of likely N-dealkylation sites (N-methyl/N-ethyl adjacent to an activating group) is 1. The molecule has 5 heteroatoms. The molecule has 104 valence electrons. The molecule has 1 aliphatic rings. The highest BCUT2D eigenvalue weighted by Crippen LogP contribution is 2.31. The van der Waals surface area contributed by atoms with E-state index in [9.17, 15) is 10.1 Å². The minimum atomic E-state index is -0.285. The second kappa shape index (κ2) is 6.02. The van der Waals surface area contributed by atoms with Gasteiger partial charge in [-0.05, 0) is 38.8 Å². The van der Waals surface area contributed by atoms with Crippen molar-refractivity contribution >= 4 is 11.4 Å². The molecular formula is C14H21N3O2. The molecule has 1 unspecified atom stereocenters. The summed E-state index contributed by atoms with van der Waals surface area (Å²) in [6.07, 6.45) is 2.34. The lowest BCUT2D eigenvalue weighted by molar-refractivity contribution is -0.384. The predicted molar refractivity (Wildman–Crippen MR) is 76.7 cm³/mol. The van der Waals surface area contributed by atoms with Crippen LogP contribution in [0.1, 0.15) is 25.3 Å². The number of nitro groups is 1. The molecule has 5 nitrogen and oxygen atoms in total. The highest BCUT2D eigenvalue weighted by atomic mass is 16.6. The predicted octanol–water partition coefficient (Wildman–Crippen LogP) is 2.48. The van der Waals surface area contributed by atoms with Gasteiger partial charge in [0.25, 0.3) is 5.69 Å². The molecule has 1 aliphatic heterocycles. The number of aryl methyl sites for hydroxylation is 1. The molecule has 2 rings (SSSR count). The lowest BCUT2D eigenvalue weighted by atomic mass is 10.1. The van der Waals surface area contributed by atoms with Gasteiger partial charge in [0, 0.05) is 25.2 Å². The van der Waals surface area contributed by atoms with E-state index in [0.717, 1.165) is 37.3 Å². The van der Waals surface area contributed by atoms with E-state index in [1.54, 1.807) is 12.1 Å². The minimum absolute atomic E-state index is 0.208. The van der Waals surface area contributed by atoms with Crippen LogP contribution in [-0.4, -0.2) is 30.6 Å². The van der Waals surface area contributed by atoms with Crippen molar-refractivity contribution in [3.63, 3.8) is 0 Å². The molecule has 0 aromatic heterocycles. The van der Waals surface area contributed by atoms with E-state index in [0.29, 0.717) is 6.04 Å². The second-order valence-electron chi connectivity index (χ2n) is 5.03. The van der Waals surface area contributed by atoms with Crippen molar-refractivity contribution in [2.24, 2.45) is 0 Å². The van der Waals surface area contributed by atoms with E-state index in [2.05, 4.69) is 10.2 Å². The van der Waals surface area contributed by atoms with Crippen LogP contribution in [0.2, 0.25) is 0 Å². The van der Waals surface area contributed by atoms with Crippen LogP contribution < -0.4 is 10.2 Å². The monoisotopic (exact) mass is 263 g/mol. The Bertz CT molecular complexity index is 456. The molecule has 1 heterocycles. The number of hydrogen-bond donors (Lipinski definition) is 1. The highest BCUT2D eigenvalue weighted by molar-refractivity contribution is 5.67. The summed E-state index contributed by atoms with van der Waals surface area (Å²) >= 11 is 0. The molecule has 0 spiro atoms. The Balaban J connectivity index is 2.28. The third kappa shape index (κ3) is 3.04. The molecule has 1 aromatic rings. The largest absolute Gasteiger partial charge is 0.364 e. The molecule has 0 radical (unpaired) electrons. The van der Waals surface area contributed by atoms with Gasteiger partial charge in [-0.15, -0.1) is 0 Å². The summed E-state index contributed by atoms with van der Waals surface area (Å²) in [6.45, 7) is 6.66. The number of benzene rings is 1. The number of rotatable bonds is 5. The summed E-state index contributed by atoms with van der Waals surface area (Å²) in [5, 5.41) is 14.6. The maximum atomic E-state index is 11.2. The van der Waals surface area contributed by atoms with Gasteiger partial charge in [0.2, 0.25) is 0 Å². The van der Waals surface area contributed by atoms with E-state index in [1.165, 1.54) is 6.42 Å². The van der Waals surface area contributed by atoms with Crippen LogP contribution in [0.5, 0.6) is 0 Å². The van der Waals surface area contributed by atoms with Gasteiger partial charge in [-0.2, -0.15) is 0 Å². The molecule has 1 aromatic carbocycles. The lowest BCUT2D eigenvalue weighted by Gasteiger charge is -2.27. The van der Waals surface area contributed by atoms with E-state index >= 15 is 0 Å². The Labute approximate surface area is 113 Å². The fourth-order valence-electron chi connectivity index (χ4n) is 2.76. The van der Waals surface area contributed by atoms with Gasteiger partial charge in [0.1, 0.15) is 5.69 Å². The quantitative estimate of drug-likeness (QED) is 0.655. The fourth-order valence-corrected chi connectivity index (χ4v) is 2.76. The second-order valence-corrected chi connectivity index (χ2v) is 5.03. The minimum Gasteiger partial charge on any atom is -0.364 e. The van der Waals surface area contributed by atoms with Crippen molar-refractivity contribution < 1.29 is 4.92 Å². The van der Waals surface area contributed by atoms with E-state index in [-0.39, 0.29) is 10.6 Å². The normalized spacial score (nSPS) is 18.5. The summed E-state index contributed by atoms with van der Waals surface area (Å²) in [7, 11) is 0. The number of anilines is 1. The average Bonchev–Trinajstić information content (AvgIpc) is 2.89. The Morgan fingerprint density at radius 2 is 2.32 bits per heavy atom. The Kier molecular flexibility index (Phi) is 4.37. The first-order valence-corrected chi connectivity index (χ1v) is 6.85. The summed E-state index contributed by atoms with van der Waals surface area (Å²) in [5.74, 6) is 0. The van der Waals surface area contributed by atoms with E-state index in [1.807, 2.05) is 19.9 Å². The van der Waals surface area contributed by atoms with Crippen molar-refractivity contribution in [2.75, 3.05) is 24.5 Å². The molecule has 1 N–H and O–H groups in total. The van der Waals surface area contributed by atoms with E-state index in [4.69, 9.17) is 0 Å². The Hall–Kier alpha value is -1.62. The zero-order valence-electron chi connectivity index (χ0n) is 11.6. The van der Waals surface area contributed by atoms with Gasteiger partial charge < -0.3 is 10.2 Å². The van der Waals surface area contributed by atoms with Crippen LogP contribution in [0.3, 0.4) is 0 Å². The van der Waals surface area contributed by atoms with Gasteiger partial charge >= 0.3 is 0 Å². The zero-order chi connectivity index (χ0) is 13.8. The van der Waals surface area contributed by atoms with Crippen molar-refractivity contribution in [3.8, 4) is 0 Å². The average molecular weight is 263 g/mol. The van der Waals surface area contributed by atoms with Crippen molar-refractivity contribution in [1.82, 2.24) is 5.32 Å². The van der Waals surface area contributed by atoms with Crippen LogP contribution in [-0.2, 0) is 0 Å². The molecular weight excluding hydrogens is 242 g/mol. The molecule has 0 aliphatic carbocycles. The van der Waals surface area contributed by atoms with Gasteiger partial charge in [0.15, 0.2) is 0 Å². The van der Waals surface area contributed by atoms with Crippen LogP contribution in [0.15, 0.2) is 18.2 Å². The standard InChI is InChI=1S/C14H21N3O2/c1-3-16(10-12-7-5-9-15-12)14-11(2)6-4-8-13(14)17(18)19/h4,6,8,12,15H,3,5,7,9-10H2,1-2H3. The van der Waals surface area contributed by atoms with E-state index < -0.39 is 0 Å². The number of para-hydroxylation sites is 1. The number of nitrogens with zero attached hydrogens (tertiary/aromatic N) is 2. The zero-order valence-corrected chi connectivity index (χ0v) is 11.6. The van der Waals surface area contributed by atoms with Gasteiger partial charge in [0.05, 0.1) is 4.92 Å². The Morgan fingerprint density at radius 1 is 1.53 bits per heavy atom. The maximum Gasteiger partial charge on any atom is 0.292 e. The molecule has 19 heavy (non-hydrogen) atoms. The SMILES string of the molecule is CCN(CC1CCCN1)c1c(C)cccc1[N+](=O)[O-]. The molecule has 1 saturated heterocycles. The third-order valence-electron chi connectivity index (χ3n) is 3.71. The first kappa shape index (κ1) is 13.8. The first-order valence-electron chi connectivity index (χ1n) is 6.85. The maximum absolute atomic E-state index is 11.2. The number of nitro benzene ring substituents is 1. The van der Waals surface area contributed by atoms with Gasteiger partial charge in [-0.1, -0.05) is 12.1 Å². The third-order valence-corrected chi connectivity index (χ3v) is 3.71. The molecule has 0 saturated carbocycles. The lowest BCUT2D eigenvalue weighted by Crippen LogP contribution is -2.38. The smallest absolute Gasteiger partial charge is 0.292 e. The summed E-state index contributed by atoms with van der Waals surface area (Å²) in [6, 6.07) is 5.72. The van der Waals surface area contributed by atoms with Crippen molar-refractivity contribution in [2.45, 2.75) is 32.7 Å². The molecule has 0 bridgehead atoms. The summed E-state index contributed by atoms with van der Waals surface area (Å²) < 4.78 is 0. The number of nitrogens with one attached hydrogen (secondary N) is 1. The Morgan fingerprint density at radius 3 is 2.89 bits per heavy atom. The van der Waals surface area contributed by atoms with Crippen LogP contribution in [0.25, 0.3) is 0 Å². The van der Waals surface area contributed by atoms with Crippen LogP contribution in [0, 0.1) is 17.0 Å². The van der Waals surface area contributed by atoms with Crippen LogP contribution >= 0.6 is 0 Å². The van der Waals surface area contributed by atoms with Crippen molar-refractivity contribution in [3.05, 3.63) is 33.9 Å². The van der Waals surface area contributed by atoms with Crippen LogP contribution in [0.4, 0.5) is 11.4 Å². The topological polar surface area (TPSA) is 58.4 Å².